The van der Waals surface area contributed by atoms with E-state index >= 15 is 0 Å². The lowest BCUT2D eigenvalue weighted by Crippen LogP contribution is -2.34. The number of benzene rings is 2. The highest BCUT2D eigenvalue weighted by atomic mass is 35.5. The number of hydrogen-bond donors (Lipinski definition) is 1. The number of nitrogens with one attached hydrogen (secondary N) is 1. The molecule has 1 heterocycles. The van der Waals surface area contributed by atoms with E-state index in [1.165, 1.54) is 5.56 Å². The minimum Gasteiger partial charge on any atom is -0.493 e. The molecule has 138 valence electrons. The van der Waals surface area contributed by atoms with Crippen molar-refractivity contribution in [3.05, 3.63) is 52.5 Å². The third-order valence-electron chi connectivity index (χ3n) is 4.73. The molecule has 0 unspecified atom stereocenters. The number of likely N-dealkylation sites (tertiary alicyclic amines) is 1. The van der Waals surface area contributed by atoms with E-state index < -0.39 is 0 Å². The van der Waals surface area contributed by atoms with Crippen molar-refractivity contribution in [1.82, 2.24) is 4.90 Å². The van der Waals surface area contributed by atoms with Crippen LogP contribution in [0.2, 0.25) is 5.02 Å². The predicted octanol–water partition coefficient (Wildman–Crippen LogP) is 5.20. The molecule has 0 saturated carbocycles. The molecule has 0 bridgehead atoms. The zero-order valence-electron chi connectivity index (χ0n) is 15.2. The molecule has 1 N–H and O–H groups in total. The number of methoxy groups -OCH3 is 2. The molecule has 0 aromatic heterocycles. The largest absolute Gasteiger partial charge is 0.493 e. The van der Waals surface area contributed by atoms with Crippen LogP contribution in [-0.2, 0) is 0 Å². The van der Waals surface area contributed by atoms with Gasteiger partial charge in [0.25, 0.3) is 0 Å². The van der Waals surface area contributed by atoms with Gasteiger partial charge in [-0.05, 0) is 67.4 Å². The second-order valence-corrected chi connectivity index (χ2v) is 7.15. The van der Waals surface area contributed by atoms with Gasteiger partial charge in [0.1, 0.15) is 0 Å². The Hall–Kier alpha value is -1.98. The van der Waals surface area contributed by atoms with Gasteiger partial charge in [-0.2, -0.15) is 0 Å². The SMILES string of the molecule is COc1ccc([C@@H]2CCCN2C(=S)Nc2ccc(C)c(Cl)c2)cc1OC. The van der Waals surface area contributed by atoms with Crippen molar-refractivity contribution in [2.45, 2.75) is 25.8 Å². The molecule has 1 saturated heterocycles. The van der Waals surface area contributed by atoms with E-state index in [4.69, 9.17) is 33.3 Å². The van der Waals surface area contributed by atoms with E-state index in [0.29, 0.717) is 5.11 Å². The van der Waals surface area contributed by atoms with Crippen molar-refractivity contribution >= 4 is 34.6 Å². The average Bonchev–Trinajstić information content (AvgIpc) is 3.14. The number of aryl methyl sites for hydroxylation is 1. The van der Waals surface area contributed by atoms with Crippen LogP contribution in [0.4, 0.5) is 5.69 Å². The molecule has 4 nitrogen and oxygen atoms in total. The van der Waals surface area contributed by atoms with Crippen molar-refractivity contribution in [2.24, 2.45) is 0 Å². The number of halogens is 1. The monoisotopic (exact) mass is 390 g/mol. The van der Waals surface area contributed by atoms with E-state index in [1.54, 1.807) is 14.2 Å². The zero-order valence-corrected chi connectivity index (χ0v) is 16.8. The number of ether oxygens (including phenoxy) is 2. The summed E-state index contributed by atoms with van der Waals surface area (Å²) in [5.41, 5.74) is 3.13. The van der Waals surface area contributed by atoms with E-state index in [9.17, 15) is 0 Å². The summed E-state index contributed by atoms with van der Waals surface area (Å²) in [5.74, 6) is 1.47. The fourth-order valence-corrected chi connectivity index (χ4v) is 3.80. The summed E-state index contributed by atoms with van der Waals surface area (Å²) < 4.78 is 10.8. The van der Waals surface area contributed by atoms with Crippen molar-refractivity contribution in [3.63, 3.8) is 0 Å². The van der Waals surface area contributed by atoms with Crippen LogP contribution >= 0.6 is 23.8 Å². The minimum absolute atomic E-state index is 0.218. The number of hydrogen-bond acceptors (Lipinski definition) is 3. The van der Waals surface area contributed by atoms with Gasteiger partial charge in [0.05, 0.1) is 20.3 Å². The molecule has 1 aliphatic heterocycles. The Morgan fingerprint density at radius 3 is 2.62 bits per heavy atom. The fourth-order valence-electron chi connectivity index (χ4n) is 3.28. The highest BCUT2D eigenvalue weighted by Crippen LogP contribution is 2.37. The lowest BCUT2D eigenvalue weighted by molar-refractivity contribution is 0.351. The van der Waals surface area contributed by atoms with Crippen molar-refractivity contribution in [3.8, 4) is 11.5 Å². The van der Waals surface area contributed by atoms with Gasteiger partial charge in [-0.1, -0.05) is 23.7 Å². The Bertz CT molecular complexity index is 812. The lowest BCUT2D eigenvalue weighted by atomic mass is 10.0. The summed E-state index contributed by atoms with van der Waals surface area (Å²) in [5, 5.41) is 4.76. The van der Waals surface area contributed by atoms with Crippen LogP contribution in [0.5, 0.6) is 11.5 Å². The second-order valence-electron chi connectivity index (χ2n) is 6.36. The maximum atomic E-state index is 6.22. The third-order valence-corrected chi connectivity index (χ3v) is 5.47. The van der Waals surface area contributed by atoms with Crippen LogP contribution in [0.1, 0.15) is 30.0 Å². The zero-order chi connectivity index (χ0) is 18.7. The van der Waals surface area contributed by atoms with Crippen LogP contribution < -0.4 is 14.8 Å². The first-order valence-electron chi connectivity index (χ1n) is 8.59. The van der Waals surface area contributed by atoms with Gasteiger partial charge in [-0.3, -0.25) is 0 Å². The summed E-state index contributed by atoms with van der Waals surface area (Å²) in [6.07, 6.45) is 2.14. The molecule has 0 radical (unpaired) electrons. The van der Waals surface area contributed by atoms with Gasteiger partial charge in [-0.25, -0.2) is 0 Å². The Labute approximate surface area is 165 Å². The van der Waals surface area contributed by atoms with Gasteiger partial charge in [0.15, 0.2) is 16.6 Å². The summed E-state index contributed by atoms with van der Waals surface area (Å²) in [6, 6.07) is 12.2. The molecule has 0 aliphatic carbocycles. The van der Waals surface area contributed by atoms with Crippen LogP contribution in [0, 0.1) is 6.92 Å². The molecule has 0 amide bonds. The van der Waals surface area contributed by atoms with E-state index in [1.807, 2.05) is 37.3 Å². The van der Waals surface area contributed by atoms with E-state index in [2.05, 4.69) is 16.3 Å². The molecule has 1 aliphatic rings. The summed E-state index contributed by atoms with van der Waals surface area (Å²) in [4.78, 5) is 2.23. The molecule has 1 atom stereocenters. The number of nitrogens with zero attached hydrogens (tertiary/aromatic N) is 1. The molecule has 0 spiro atoms. The third kappa shape index (κ3) is 3.89. The molecule has 6 heteroatoms. The van der Waals surface area contributed by atoms with Crippen molar-refractivity contribution < 1.29 is 9.47 Å². The Morgan fingerprint density at radius 1 is 1.15 bits per heavy atom. The Balaban J connectivity index is 1.79. The van der Waals surface area contributed by atoms with Gasteiger partial charge in [-0.15, -0.1) is 0 Å². The predicted molar refractivity (Wildman–Crippen MR) is 111 cm³/mol. The quantitative estimate of drug-likeness (QED) is 0.725. The van der Waals surface area contributed by atoms with E-state index in [0.717, 1.165) is 47.2 Å². The summed E-state index contributed by atoms with van der Waals surface area (Å²) >= 11 is 11.9. The van der Waals surface area contributed by atoms with Crippen LogP contribution in [-0.4, -0.2) is 30.8 Å². The number of anilines is 1. The summed E-state index contributed by atoms with van der Waals surface area (Å²) in [6.45, 7) is 2.91. The first-order chi connectivity index (χ1) is 12.5. The molecule has 3 rings (SSSR count). The average molecular weight is 391 g/mol. The van der Waals surface area contributed by atoms with Gasteiger partial charge >= 0.3 is 0 Å². The fraction of sp³-hybridized carbons (Fsp3) is 0.350. The molecule has 26 heavy (non-hydrogen) atoms. The molecule has 2 aromatic carbocycles. The molecule has 1 fully saturated rings. The summed E-state index contributed by atoms with van der Waals surface area (Å²) in [7, 11) is 3.30. The standard InChI is InChI=1S/C20H23ClN2O2S/c1-13-6-8-15(12-16(13)21)22-20(26)23-10-4-5-17(23)14-7-9-18(24-2)19(11-14)25-3/h6-9,11-12,17H,4-5,10H2,1-3H3,(H,22,26)/t17-/m0/s1. The van der Waals surface area contributed by atoms with Crippen LogP contribution in [0.3, 0.4) is 0 Å². The Kier molecular flexibility index (Phi) is 5.89. The topological polar surface area (TPSA) is 33.7 Å². The normalized spacial score (nSPS) is 16.5. The molecular weight excluding hydrogens is 368 g/mol. The van der Waals surface area contributed by atoms with Crippen molar-refractivity contribution in [2.75, 3.05) is 26.1 Å². The highest BCUT2D eigenvalue weighted by molar-refractivity contribution is 7.80. The Morgan fingerprint density at radius 2 is 1.92 bits per heavy atom. The first-order valence-corrected chi connectivity index (χ1v) is 9.38. The van der Waals surface area contributed by atoms with Gasteiger partial charge in [0.2, 0.25) is 0 Å². The highest BCUT2D eigenvalue weighted by Gasteiger charge is 2.28. The minimum atomic E-state index is 0.218. The lowest BCUT2D eigenvalue weighted by Gasteiger charge is -2.28. The number of rotatable bonds is 4. The maximum absolute atomic E-state index is 6.22. The van der Waals surface area contributed by atoms with Crippen molar-refractivity contribution in [1.29, 1.82) is 0 Å². The first kappa shape index (κ1) is 18.8. The maximum Gasteiger partial charge on any atom is 0.173 e. The molecular formula is C20H23ClN2O2S. The smallest absolute Gasteiger partial charge is 0.173 e. The van der Waals surface area contributed by atoms with Crippen LogP contribution in [0.25, 0.3) is 0 Å². The number of thiocarbonyl (C=S) groups is 1. The molecule has 2 aromatic rings. The van der Waals surface area contributed by atoms with Crippen LogP contribution in [0.15, 0.2) is 36.4 Å². The van der Waals surface area contributed by atoms with E-state index in [-0.39, 0.29) is 6.04 Å². The second kappa shape index (κ2) is 8.14. The van der Waals surface area contributed by atoms with Gasteiger partial charge in [0, 0.05) is 17.3 Å². The van der Waals surface area contributed by atoms with Gasteiger partial charge < -0.3 is 19.7 Å².